The molecule has 5 nitrogen and oxygen atoms in total. The molecule has 1 aliphatic carbocycles. The first kappa shape index (κ1) is 13.3. The van der Waals surface area contributed by atoms with Crippen molar-refractivity contribution in [2.45, 2.75) is 24.7 Å². The van der Waals surface area contributed by atoms with Gasteiger partial charge in [0.05, 0.1) is 4.90 Å². The smallest absolute Gasteiger partial charge is 0.243 e. The number of rotatable bonds is 6. The topological polar surface area (TPSA) is 75.4 Å². The van der Waals surface area contributed by atoms with Gasteiger partial charge in [0.2, 0.25) is 10.0 Å². The first-order chi connectivity index (χ1) is 8.57. The maximum Gasteiger partial charge on any atom is 0.243 e. The van der Waals surface area contributed by atoms with Gasteiger partial charge in [-0.05, 0) is 43.0 Å². The van der Waals surface area contributed by atoms with Crippen molar-refractivity contribution in [2.75, 3.05) is 18.5 Å². The van der Waals surface area contributed by atoms with Gasteiger partial charge in [-0.1, -0.05) is 6.92 Å². The highest BCUT2D eigenvalue weighted by Crippen LogP contribution is 2.31. The largest absolute Gasteiger partial charge is 0.324 e. The number of hydrogen-bond donors (Lipinski definition) is 2. The lowest BCUT2D eigenvalue weighted by Gasteiger charge is -2.20. The molecule has 0 spiro atoms. The van der Waals surface area contributed by atoms with E-state index in [1.165, 1.54) is 0 Å². The Balaban J connectivity index is 2.21. The van der Waals surface area contributed by atoms with E-state index >= 15 is 0 Å². The van der Waals surface area contributed by atoms with Crippen LogP contribution in [-0.4, -0.2) is 25.8 Å². The monoisotopic (exact) mass is 269 g/mol. The second-order valence-electron chi connectivity index (χ2n) is 4.57. The van der Waals surface area contributed by atoms with Crippen molar-refractivity contribution in [1.29, 1.82) is 0 Å². The summed E-state index contributed by atoms with van der Waals surface area (Å²) in [6.45, 7) is 3.02. The molecule has 100 valence electrons. The van der Waals surface area contributed by atoms with Crippen molar-refractivity contribution in [3.8, 4) is 0 Å². The van der Waals surface area contributed by atoms with E-state index in [1.54, 1.807) is 28.6 Å². The van der Waals surface area contributed by atoms with E-state index in [-0.39, 0.29) is 0 Å². The second-order valence-corrected chi connectivity index (χ2v) is 6.51. The number of anilines is 1. The molecule has 0 amide bonds. The fourth-order valence-corrected chi connectivity index (χ4v) is 3.38. The summed E-state index contributed by atoms with van der Waals surface area (Å²) < 4.78 is 26.4. The number of benzene rings is 1. The van der Waals surface area contributed by atoms with Crippen molar-refractivity contribution >= 4 is 15.7 Å². The summed E-state index contributed by atoms with van der Waals surface area (Å²) in [7, 11) is -3.37. The second kappa shape index (κ2) is 5.26. The summed E-state index contributed by atoms with van der Waals surface area (Å²) in [5.74, 6) is 5.81. The summed E-state index contributed by atoms with van der Waals surface area (Å²) in [6, 6.07) is 6.50. The molecule has 1 aromatic carbocycles. The lowest BCUT2D eigenvalue weighted by Crippen LogP contribution is -2.32. The van der Waals surface area contributed by atoms with Gasteiger partial charge in [-0.3, -0.25) is 5.84 Å². The summed E-state index contributed by atoms with van der Waals surface area (Å²) in [5.41, 5.74) is 3.18. The van der Waals surface area contributed by atoms with Crippen LogP contribution in [0.1, 0.15) is 19.8 Å². The first-order valence-corrected chi connectivity index (χ1v) is 7.58. The molecule has 1 saturated carbocycles. The van der Waals surface area contributed by atoms with E-state index < -0.39 is 10.0 Å². The van der Waals surface area contributed by atoms with Crippen LogP contribution >= 0.6 is 0 Å². The Morgan fingerprint density at radius 1 is 1.33 bits per heavy atom. The van der Waals surface area contributed by atoms with Gasteiger partial charge >= 0.3 is 0 Å². The van der Waals surface area contributed by atoms with Crippen LogP contribution in [0.4, 0.5) is 5.69 Å². The van der Waals surface area contributed by atoms with Crippen LogP contribution in [0.2, 0.25) is 0 Å². The van der Waals surface area contributed by atoms with Gasteiger partial charge in [0.25, 0.3) is 0 Å². The molecule has 0 aromatic heterocycles. The standard InChI is InChI=1S/C12H19N3O2S/c1-2-15(9-10-3-4-10)18(16,17)12-7-5-11(14-13)6-8-12/h5-8,10,14H,2-4,9,13H2,1H3. The number of nitrogen functional groups attached to an aromatic ring is 1. The van der Waals surface area contributed by atoms with Crippen LogP contribution < -0.4 is 11.3 Å². The van der Waals surface area contributed by atoms with Gasteiger partial charge in [-0.15, -0.1) is 0 Å². The predicted octanol–water partition coefficient (Wildman–Crippen LogP) is 1.39. The number of hydrogen-bond acceptors (Lipinski definition) is 4. The molecule has 1 aromatic rings. The van der Waals surface area contributed by atoms with Crippen LogP contribution in [0.25, 0.3) is 0 Å². The third-order valence-corrected chi connectivity index (χ3v) is 5.13. The van der Waals surface area contributed by atoms with Crippen LogP contribution in [0.15, 0.2) is 29.2 Å². The highest BCUT2D eigenvalue weighted by Gasteiger charge is 2.30. The normalized spacial score (nSPS) is 15.9. The maximum absolute atomic E-state index is 12.4. The Labute approximate surface area is 108 Å². The highest BCUT2D eigenvalue weighted by atomic mass is 32.2. The van der Waals surface area contributed by atoms with Crippen LogP contribution in [0.5, 0.6) is 0 Å². The Kier molecular flexibility index (Phi) is 3.89. The average Bonchev–Trinajstić information content (AvgIpc) is 3.19. The molecule has 0 radical (unpaired) electrons. The predicted molar refractivity (Wildman–Crippen MR) is 71.4 cm³/mol. The minimum absolute atomic E-state index is 0.323. The van der Waals surface area contributed by atoms with Crippen LogP contribution in [0.3, 0.4) is 0 Å². The molecule has 0 bridgehead atoms. The first-order valence-electron chi connectivity index (χ1n) is 6.14. The zero-order valence-corrected chi connectivity index (χ0v) is 11.3. The van der Waals surface area contributed by atoms with E-state index in [2.05, 4.69) is 5.43 Å². The van der Waals surface area contributed by atoms with Crippen LogP contribution in [0, 0.1) is 5.92 Å². The molecule has 3 N–H and O–H groups in total. The van der Waals surface area contributed by atoms with E-state index in [0.717, 1.165) is 12.8 Å². The Hall–Kier alpha value is -1.11. The lowest BCUT2D eigenvalue weighted by atomic mass is 10.3. The van der Waals surface area contributed by atoms with E-state index in [1.807, 2.05) is 6.92 Å². The molecule has 6 heteroatoms. The van der Waals surface area contributed by atoms with E-state index in [9.17, 15) is 8.42 Å². The fourth-order valence-electron chi connectivity index (χ4n) is 1.86. The number of hydrazine groups is 1. The number of sulfonamides is 1. The van der Waals surface area contributed by atoms with Crippen molar-refractivity contribution < 1.29 is 8.42 Å². The molecule has 2 rings (SSSR count). The van der Waals surface area contributed by atoms with Crippen LogP contribution in [-0.2, 0) is 10.0 Å². The zero-order valence-electron chi connectivity index (χ0n) is 10.5. The van der Waals surface area contributed by atoms with Gasteiger partial charge in [-0.2, -0.15) is 4.31 Å². The molecule has 0 unspecified atom stereocenters. The van der Waals surface area contributed by atoms with Gasteiger partial charge < -0.3 is 5.43 Å². The molecular formula is C12H19N3O2S. The third kappa shape index (κ3) is 2.82. The van der Waals surface area contributed by atoms with Crippen molar-refractivity contribution in [3.05, 3.63) is 24.3 Å². The Morgan fingerprint density at radius 3 is 2.39 bits per heavy atom. The Bertz CT molecular complexity index is 495. The molecule has 0 aliphatic heterocycles. The summed E-state index contributed by atoms with van der Waals surface area (Å²) in [5, 5.41) is 0. The number of nitrogens with zero attached hydrogens (tertiary/aromatic N) is 1. The molecule has 0 heterocycles. The molecule has 0 atom stereocenters. The number of nitrogens with two attached hydrogens (primary N) is 1. The summed E-state index contributed by atoms with van der Waals surface area (Å²) in [4.78, 5) is 0.323. The van der Waals surface area contributed by atoms with E-state index in [0.29, 0.717) is 29.6 Å². The summed E-state index contributed by atoms with van der Waals surface area (Å²) >= 11 is 0. The molecule has 18 heavy (non-hydrogen) atoms. The molecule has 0 saturated heterocycles. The zero-order chi connectivity index (χ0) is 13.2. The van der Waals surface area contributed by atoms with Crippen molar-refractivity contribution in [1.82, 2.24) is 4.31 Å². The quantitative estimate of drug-likeness (QED) is 0.604. The SMILES string of the molecule is CCN(CC1CC1)S(=O)(=O)c1ccc(NN)cc1. The summed E-state index contributed by atoms with van der Waals surface area (Å²) in [6.07, 6.45) is 2.28. The fraction of sp³-hybridized carbons (Fsp3) is 0.500. The number of nitrogens with one attached hydrogen (secondary N) is 1. The van der Waals surface area contributed by atoms with E-state index in [4.69, 9.17) is 5.84 Å². The Morgan fingerprint density at radius 2 is 1.94 bits per heavy atom. The average molecular weight is 269 g/mol. The minimum atomic E-state index is -3.37. The minimum Gasteiger partial charge on any atom is -0.324 e. The van der Waals surface area contributed by atoms with Gasteiger partial charge in [0, 0.05) is 18.8 Å². The van der Waals surface area contributed by atoms with Gasteiger partial charge in [0.15, 0.2) is 0 Å². The lowest BCUT2D eigenvalue weighted by molar-refractivity contribution is 0.412. The molecule has 1 aliphatic rings. The van der Waals surface area contributed by atoms with Crippen molar-refractivity contribution in [2.24, 2.45) is 11.8 Å². The molecule has 1 fully saturated rings. The van der Waals surface area contributed by atoms with Gasteiger partial charge in [-0.25, -0.2) is 8.42 Å². The maximum atomic E-state index is 12.4. The molecular weight excluding hydrogens is 250 g/mol. The highest BCUT2D eigenvalue weighted by molar-refractivity contribution is 7.89. The van der Waals surface area contributed by atoms with Crippen molar-refractivity contribution in [3.63, 3.8) is 0 Å². The third-order valence-electron chi connectivity index (χ3n) is 3.17. The van der Waals surface area contributed by atoms with Gasteiger partial charge in [0.1, 0.15) is 0 Å².